The van der Waals surface area contributed by atoms with Gasteiger partial charge in [0.15, 0.2) is 0 Å². The van der Waals surface area contributed by atoms with E-state index in [1.165, 1.54) is 11.8 Å². The number of fused-ring (bicyclic) bond motifs is 1. The largest absolute Gasteiger partial charge is 0.481 e. The third-order valence-corrected chi connectivity index (χ3v) is 6.39. The van der Waals surface area contributed by atoms with Crippen molar-refractivity contribution in [2.45, 2.75) is 30.6 Å². The van der Waals surface area contributed by atoms with Gasteiger partial charge < -0.3 is 21.1 Å². The summed E-state index contributed by atoms with van der Waals surface area (Å²) in [6, 6.07) is 7.09. The average molecular weight is 377 g/mol. The first kappa shape index (κ1) is 18.6. The molecule has 1 aliphatic carbocycles. The first-order chi connectivity index (χ1) is 12.4. The average Bonchev–Trinajstić information content (AvgIpc) is 3.14. The molecule has 0 aromatic heterocycles. The predicted octanol–water partition coefficient (Wildman–Crippen LogP) is 2.37. The van der Waals surface area contributed by atoms with Crippen LogP contribution in [0.1, 0.15) is 25.7 Å². The number of primary amides is 1. The van der Waals surface area contributed by atoms with Crippen LogP contribution in [0.25, 0.3) is 0 Å². The van der Waals surface area contributed by atoms with Gasteiger partial charge in [-0.25, -0.2) is 4.79 Å². The molecule has 0 radical (unpaired) electrons. The maximum absolute atomic E-state index is 12.7. The van der Waals surface area contributed by atoms with Crippen molar-refractivity contribution in [3.8, 4) is 0 Å². The molecule has 4 N–H and O–H groups in total. The van der Waals surface area contributed by atoms with Crippen LogP contribution in [-0.4, -0.2) is 46.8 Å². The van der Waals surface area contributed by atoms with Crippen molar-refractivity contribution in [1.82, 2.24) is 4.90 Å². The number of carbonyl (C=O) groups is 3. The highest BCUT2D eigenvalue weighted by Crippen LogP contribution is 2.49. The molecule has 7 nitrogen and oxygen atoms in total. The molecule has 0 unspecified atom stereocenters. The van der Waals surface area contributed by atoms with Crippen LogP contribution in [0.3, 0.4) is 0 Å². The summed E-state index contributed by atoms with van der Waals surface area (Å²) in [7, 11) is 0. The highest BCUT2D eigenvalue weighted by Gasteiger charge is 2.55. The predicted molar refractivity (Wildman–Crippen MR) is 99.0 cm³/mol. The lowest BCUT2D eigenvalue weighted by Gasteiger charge is -2.23. The lowest BCUT2D eigenvalue weighted by Crippen LogP contribution is -2.38. The number of carbonyl (C=O) groups excluding carboxylic acids is 2. The van der Waals surface area contributed by atoms with E-state index in [4.69, 9.17) is 5.73 Å². The Morgan fingerprint density at radius 2 is 2.12 bits per heavy atom. The Balaban J connectivity index is 1.66. The summed E-state index contributed by atoms with van der Waals surface area (Å²) in [6.45, 7) is 0.741. The Morgan fingerprint density at radius 1 is 1.35 bits per heavy atom. The Morgan fingerprint density at radius 3 is 2.81 bits per heavy atom. The number of carboxylic acid groups (broad SMARTS) is 1. The number of amides is 3. The first-order valence-electron chi connectivity index (χ1n) is 8.72. The lowest BCUT2D eigenvalue weighted by atomic mass is 9.81. The first-order valence-corrected chi connectivity index (χ1v) is 9.70. The Labute approximate surface area is 156 Å². The van der Waals surface area contributed by atoms with Crippen molar-refractivity contribution in [2.24, 2.45) is 17.1 Å². The van der Waals surface area contributed by atoms with Gasteiger partial charge in [-0.1, -0.05) is 18.6 Å². The summed E-state index contributed by atoms with van der Waals surface area (Å²) in [5.41, 5.74) is 5.04. The van der Waals surface area contributed by atoms with E-state index >= 15 is 0 Å². The van der Waals surface area contributed by atoms with Crippen LogP contribution in [0.2, 0.25) is 0 Å². The molecule has 1 heterocycles. The number of carboxylic acids is 1. The van der Waals surface area contributed by atoms with Gasteiger partial charge in [0.25, 0.3) is 0 Å². The van der Waals surface area contributed by atoms with E-state index in [9.17, 15) is 19.5 Å². The summed E-state index contributed by atoms with van der Waals surface area (Å²) >= 11 is 1.45. The Hall–Kier alpha value is -2.22. The highest BCUT2D eigenvalue weighted by molar-refractivity contribution is 7.99. The molecule has 140 valence electrons. The minimum absolute atomic E-state index is 0.0333. The van der Waals surface area contributed by atoms with Gasteiger partial charge in [-0.05, 0) is 30.9 Å². The van der Waals surface area contributed by atoms with E-state index in [1.807, 2.05) is 18.2 Å². The number of likely N-dealkylation sites (tertiary alicyclic amines) is 1. The van der Waals surface area contributed by atoms with Crippen LogP contribution < -0.4 is 11.1 Å². The van der Waals surface area contributed by atoms with E-state index in [2.05, 4.69) is 5.32 Å². The van der Waals surface area contributed by atoms with Gasteiger partial charge in [0.05, 0.1) is 11.1 Å². The fraction of sp³-hybridized carbons (Fsp3) is 0.500. The number of nitrogens with zero attached hydrogens (tertiary/aromatic N) is 1. The number of nitrogens with two attached hydrogens (primary N) is 1. The highest BCUT2D eigenvalue weighted by atomic mass is 32.2. The minimum atomic E-state index is -0.794. The third-order valence-electron chi connectivity index (χ3n) is 5.32. The van der Waals surface area contributed by atoms with Crippen LogP contribution in [0.4, 0.5) is 10.5 Å². The Bertz CT molecular complexity index is 726. The number of nitrogens with one attached hydrogen (secondary N) is 1. The summed E-state index contributed by atoms with van der Waals surface area (Å²) in [6.07, 6.45) is 2.67. The van der Waals surface area contributed by atoms with Crippen LogP contribution in [-0.2, 0) is 9.59 Å². The second kappa shape index (κ2) is 7.57. The SMILES string of the molecule is NC(=O)CCSc1ccccc1NC(=O)N1C[C@@H]2CCC[C@@]2(C(=O)O)C1. The van der Waals surface area contributed by atoms with E-state index < -0.39 is 11.4 Å². The monoisotopic (exact) mass is 377 g/mol. The van der Waals surface area contributed by atoms with E-state index in [0.717, 1.165) is 17.7 Å². The molecule has 8 heteroatoms. The molecular weight excluding hydrogens is 354 g/mol. The number of aliphatic carboxylic acids is 1. The van der Waals surface area contributed by atoms with Crippen molar-refractivity contribution in [2.75, 3.05) is 24.2 Å². The Kier molecular flexibility index (Phi) is 5.41. The number of rotatable bonds is 6. The molecule has 3 rings (SSSR count). The number of hydrogen-bond acceptors (Lipinski definition) is 4. The lowest BCUT2D eigenvalue weighted by molar-refractivity contribution is -0.149. The normalized spacial score (nSPS) is 24.3. The molecule has 0 bridgehead atoms. The number of hydrogen-bond donors (Lipinski definition) is 3. The quantitative estimate of drug-likeness (QED) is 0.659. The topological polar surface area (TPSA) is 113 Å². The standard InChI is InChI=1S/C18H23N3O4S/c19-15(22)7-9-26-14-6-2-1-5-13(14)20-17(25)21-10-12-4-3-8-18(12,11-21)16(23)24/h1-2,5-6,12H,3-4,7-11H2,(H2,19,22)(H,20,25)(H,23,24)/t12-,18+/m0/s1. The van der Waals surface area contributed by atoms with Crippen molar-refractivity contribution < 1.29 is 19.5 Å². The smallest absolute Gasteiger partial charge is 0.321 e. The second-order valence-electron chi connectivity index (χ2n) is 6.92. The summed E-state index contributed by atoms with van der Waals surface area (Å²) in [5, 5.41) is 12.5. The zero-order valence-corrected chi connectivity index (χ0v) is 15.3. The molecule has 2 atom stereocenters. The molecule has 1 aliphatic heterocycles. The molecular formula is C18H23N3O4S. The fourth-order valence-corrected chi connectivity index (χ4v) is 4.92. The zero-order chi connectivity index (χ0) is 18.7. The van der Waals surface area contributed by atoms with E-state index in [-0.39, 0.29) is 30.8 Å². The van der Waals surface area contributed by atoms with E-state index in [1.54, 1.807) is 11.0 Å². The number of benzene rings is 1. The van der Waals surface area contributed by atoms with Gasteiger partial charge in [0.2, 0.25) is 5.91 Å². The van der Waals surface area contributed by atoms with Gasteiger partial charge >= 0.3 is 12.0 Å². The molecule has 1 aromatic carbocycles. The van der Waals surface area contributed by atoms with Crippen molar-refractivity contribution in [3.63, 3.8) is 0 Å². The fourth-order valence-electron chi connectivity index (χ4n) is 3.95. The number of anilines is 1. The molecule has 26 heavy (non-hydrogen) atoms. The minimum Gasteiger partial charge on any atom is -0.481 e. The van der Waals surface area contributed by atoms with Gasteiger partial charge in [0.1, 0.15) is 0 Å². The molecule has 1 aromatic rings. The van der Waals surface area contributed by atoms with Crippen molar-refractivity contribution in [1.29, 1.82) is 0 Å². The number of urea groups is 1. The van der Waals surface area contributed by atoms with Crippen LogP contribution in [0.15, 0.2) is 29.2 Å². The van der Waals surface area contributed by atoms with Gasteiger partial charge in [-0.3, -0.25) is 9.59 Å². The van der Waals surface area contributed by atoms with Crippen LogP contribution in [0.5, 0.6) is 0 Å². The molecule has 1 saturated carbocycles. The maximum atomic E-state index is 12.7. The van der Waals surface area contributed by atoms with E-state index in [0.29, 0.717) is 24.4 Å². The summed E-state index contributed by atoms with van der Waals surface area (Å²) in [5.74, 6) is -0.582. The van der Waals surface area contributed by atoms with Crippen LogP contribution in [0, 0.1) is 11.3 Å². The number of para-hydroxylation sites is 1. The third kappa shape index (κ3) is 3.65. The second-order valence-corrected chi connectivity index (χ2v) is 8.06. The van der Waals surface area contributed by atoms with Crippen molar-refractivity contribution >= 4 is 35.4 Å². The zero-order valence-electron chi connectivity index (χ0n) is 14.4. The summed E-state index contributed by atoms with van der Waals surface area (Å²) in [4.78, 5) is 37.8. The van der Waals surface area contributed by atoms with Crippen LogP contribution >= 0.6 is 11.8 Å². The van der Waals surface area contributed by atoms with Gasteiger partial charge in [-0.15, -0.1) is 11.8 Å². The molecule has 0 spiro atoms. The van der Waals surface area contributed by atoms with Gasteiger partial charge in [-0.2, -0.15) is 0 Å². The number of thioether (sulfide) groups is 1. The van der Waals surface area contributed by atoms with Crippen molar-refractivity contribution in [3.05, 3.63) is 24.3 Å². The van der Waals surface area contributed by atoms with Gasteiger partial charge in [0, 0.05) is 30.2 Å². The molecule has 2 fully saturated rings. The summed E-state index contributed by atoms with van der Waals surface area (Å²) < 4.78 is 0. The maximum Gasteiger partial charge on any atom is 0.321 e. The molecule has 3 amide bonds. The molecule has 2 aliphatic rings. The molecule has 1 saturated heterocycles.